The van der Waals surface area contributed by atoms with Gasteiger partial charge in [-0.05, 0) is 32.4 Å². The lowest BCUT2D eigenvalue weighted by molar-refractivity contribution is -0.137. The first-order chi connectivity index (χ1) is 15.2. The van der Waals surface area contributed by atoms with Crippen molar-refractivity contribution in [2.75, 3.05) is 19.8 Å². The molecule has 0 heterocycles. The Kier molecular flexibility index (Phi) is 30.5. The summed E-state index contributed by atoms with van der Waals surface area (Å²) in [6.45, 7) is 16.7. The normalized spacial score (nSPS) is 9.91. The number of aliphatic hydroxyl groups is 3. The van der Waals surface area contributed by atoms with E-state index >= 15 is 0 Å². The number of hydrogen-bond acceptors (Lipinski definition) is 8. The number of rotatable bonds is 9. The van der Waals surface area contributed by atoms with Gasteiger partial charge in [0.25, 0.3) is 0 Å². The molecule has 11 nitrogen and oxygen atoms in total. The Morgan fingerprint density at radius 2 is 0.941 bits per heavy atom. The molecule has 34 heavy (non-hydrogen) atoms. The summed E-state index contributed by atoms with van der Waals surface area (Å²) in [5, 5.41) is 57.4. The summed E-state index contributed by atoms with van der Waals surface area (Å²) in [4.78, 5) is 38.7. The van der Waals surface area contributed by atoms with E-state index in [2.05, 4.69) is 32.4 Å². The van der Waals surface area contributed by atoms with Crippen LogP contribution in [0.15, 0.2) is 36.5 Å². The largest absolute Gasteiger partial charge is 0.481 e. The number of carboxylic acids is 4. The maximum Gasteiger partial charge on any atom is 0.330 e. The smallest absolute Gasteiger partial charge is 0.330 e. The van der Waals surface area contributed by atoms with Crippen LogP contribution < -0.4 is 0 Å². The monoisotopic (exact) mass is 512 g/mol. The summed E-state index contributed by atoms with van der Waals surface area (Å²) in [5.41, 5.74) is -0.181. The first-order valence-electron chi connectivity index (χ1n) is 9.63. The molecular weight excluding hydrogens is 472 g/mol. The SMILES string of the molecule is C=C(C)C(=O)O.C=C(C)C(=O)O.C=C(C)C(=O)O.CC(CO)(CO)CO.CC(S)CCC(=O)O. The molecule has 0 aromatic carbocycles. The van der Waals surface area contributed by atoms with Crippen molar-refractivity contribution >= 4 is 36.5 Å². The van der Waals surface area contributed by atoms with Gasteiger partial charge in [-0.3, -0.25) is 4.79 Å². The van der Waals surface area contributed by atoms with Crippen molar-refractivity contribution in [2.24, 2.45) is 5.41 Å². The second kappa shape index (κ2) is 25.0. The third kappa shape index (κ3) is 43.2. The van der Waals surface area contributed by atoms with Crippen molar-refractivity contribution in [1.29, 1.82) is 0 Å². The predicted octanol–water partition coefficient (Wildman–Crippen LogP) is 2.08. The summed E-state index contributed by atoms with van der Waals surface area (Å²) in [6, 6.07) is 0. The highest BCUT2D eigenvalue weighted by atomic mass is 32.1. The molecule has 0 spiro atoms. The Morgan fingerprint density at radius 1 is 0.735 bits per heavy atom. The van der Waals surface area contributed by atoms with Crippen LogP contribution in [-0.2, 0) is 19.2 Å². The van der Waals surface area contributed by atoms with Crippen molar-refractivity contribution in [3.63, 3.8) is 0 Å². The highest BCUT2D eigenvalue weighted by Crippen LogP contribution is 2.11. The lowest BCUT2D eigenvalue weighted by Crippen LogP contribution is -2.29. The highest BCUT2D eigenvalue weighted by molar-refractivity contribution is 7.80. The quantitative estimate of drug-likeness (QED) is 0.165. The average Bonchev–Trinajstić information content (AvgIpc) is 2.73. The Labute approximate surface area is 206 Å². The maximum atomic E-state index is 9.87. The number of thiol groups is 1. The van der Waals surface area contributed by atoms with Gasteiger partial charge in [-0.1, -0.05) is 33.6 Å². The molecule has 12 heteroatoms. The summed E-state index contributed by atoms with van der Waals surface area (Å²) < 4.78 is 0. The van der Waals surface area contributed by atoms with Crippen molar-refractivity contribution < 1.29 is 54.9 Å². The molecule has 0 aliphatic carbocycles. The van der Waals surface area contributed by atoms with Gasteiger partial charge in [-0.2, -0.15) is 12.6 Å². The van der Waals surface area contributed by atoms with Gasteiger partial charge >= 0.3 is 23.9 Å². The molecule has 200 valence electrons. The predicted molar refractivity (Wildman–Crippen MR) is 132 cm³/mol. The minimum absolute atomic E-state index is 0.176. The van der Waals surface area contributed by atoms with Crippen LogP contribution in [0.1, 0.15) is 47.5 Å². The van der Waals surface area contributed by atoms with Gasteiger partial charge < -0.3 is 35.7 Å². The molecule has 0 saturated carbocycles. The number of hydrogen-bond donors (Lipinski definition) is 8. The van der Waals surface area contributed by atoms with E-state index in [9.17, 15) is 19.2 Å². The molecule has 7 N–H and O–H groups in total. The van der Waals surface area contributed by atoms with E-state index in [1.54, 1.807) is 6.92 Å². The first-order valence-corrected chi connectivity index (χ1v) is 10.1. The Balaban J connectivity index is -0.000000104. The minimum Gasteiger partial charge on any atom is -0.481 e. The van der Waals surface area contributed by atoms with Gasteiger partial charge in [0.05, 0.1) is 19.8 Å². The zero-order valence-electron chi connectivity index (χ0n) is 20.4. The number of carboxylic acid groups (broad SMARTS) is 4. The van der Waals surface area contributed by atoms with Crippen LogP contribution in [0.4, 0.5) is 0 Å². The zero-order valence-corrected chi connectivity index (χ0v) is 21.3. The van der Waals surface area contributed by atoms with Crippen LogP contribution in [0.2, 0.25) is 0 Å². The van der Waals surface area contributed by atoms with E-state index in [0.717, 1.165) is 0 Å². The molecule has 0 aromatic heterocycles. The van der Waals surface area contributed by atoms with E-state index in [0.29, 0.717) is 6.42 Å². The van der Waals surface area contributed by atoms with Crippen LogP contribution in [0.5, 0.6) is 0 Å². The standard InChI is InChI=1S/C5H12O3.C5H10O2S.3C4H6O2/c1-5(2-6,3-7)4-8;1-4(8)2-3-5(6)7;3*1-3(2)4(5)6/h6-8H,2-4H2,1H3;4,8H,2-3H2,1H3,(H,6,7);3*1H2,2H3,(H,5,6). The second-order valence-electron chi connectivity index (χ2n) is 7.32. The highest BCUT2D eigenvalue weighted by Gasteiger charge is 2.20. The molecular formula is C22H40O11S. The third-order valence-electron chi connectivity index (χ3n) is 3.02. The fraction of sp³-hybridized carbons (Fsp3) is 0.545. The van der Waals surface area contributed by atoms with Crippen LogP contribution >= 0.6 is 12.6 Å². The molecule has 1 unspecified atom stereocenters. The summed E-state index contributed by atoms with van der Waals surface area (Å²) in [6.07, 6.45) is 0.878. The lowest BCUT2D eigenvalue weighted by Gasteiger charge is -2.20. The fourth-order valence-electron chi connectivity index (χ4n) is 0.482. The minimum atomic E-state index is -0.935. The molecule has 0 aliphatic rings. The van der Waals surface area contributed by atoms with Crippen molar-refractivity contribution in [2.45, 2.75) is 52.7 Å². The average molecular weight is 513 g/mol. The molecule has 0 fully saturated rings. The van der Waals surface area contributed by atoms with Gasteiger partial charge in [-0.25, -0.2) is 14.4 Å². The van der Waals surface area contributed by atoms with Crippen LogP contribution in [0.3, 0.4) is 0 Å². The number of carbonyl (C=O) groups is 4. The molecule has 1 atom stereocenters. The topological polar surface area (TPSA) is 210 Å². The van der Waals surface area contributed by atoms with E-state index < -0.39 is 29.3 Å². The Hall–Kier alpha value is -2.67. The lowest BCUT2D eigenvalue weighted by atomic mass is 9.95. The molecule has 0 radical (unpaired) electrons. The van der Waals surface area contributed by atoms with Crippen LogP contribution in [0.25, 0.3) is 0 Å². The summed E-state index contributed by atoms with van der Waals surface area (Å²) in [5.74, 6) is -3.55. The molecule has 0 aromatic rings. The van der Waals surface area contributed by atoms with Gasteiger partial charge in [-0.15, -0.1) is 0 Å². The number of aliphatic hydroxyl groups excluding tert-OH is 3. The van der Waals surface area contributed by atoms with E-state index in [1.165, 1.54) is 20.8 Å². The van der Waals surface area contributed by atoms with E-state index in [4.69, 9.17) is 35.7 Å². The van der Waals surface area contributed by atoms with Crippen molar-refractivity contribution in [3.8, 4) is 0 Å². The van der Waals surface area contributed by atoms with Crippen molar-refractivity contribution in [1.82, 2.24) is 0 Å². The fourth-order valence-corrected chi connectivity index (χ4v) is 0.611. The van der Waals surface area contributed by atoms with Crippen LogP contribution in [0, 0.1) is 5.41 Å². The Bertz CT molecular complexity index is 550. The summed E-state index contributed by atoms with van der Waals surface area (Å²) >= 11 is 4.01. The van der Waals surface area contributed by atoms with E-state index in [-0.39, 0.29) is 48.2 Å². The number of aliphatic carboxylic acids is 4. The van der Waals surface area contributed by atoms with Gasteiger partial charge in [0.2, 0.25) is 0 Å². The molecule has 0 bridgehead atoms. The Morgan fingerprint density at radius 3 is 0.971 bits per heavy atom. The molecule has 0 aliphatic heterocycles. The van der Waals surface area contributed by atoms with Crippen molar-refractivity contribution in [3.05, 3.63) is 36.5 Å². The van der Waals surface area contributed by atoms with Crippen LogP contribution in [-0.4, -0.2) is 84.7 Å². The van der Waals surface area contributed by atoms with Gasteiger partial charge in [0.15, 0.2) is 0 Å². The van der Waals surface area contributed by atoms with E-state index in [1.807, 2.05) is 6.92 Å². The van der Waals surface area contributed by atoms with Gasteiger partial charge in [0.1, 0.15) is 0 Å². The second-order valence-corrected chi connectivity index (χ2v) is 8.20. The van der Waals surface area contributed by atoms with Gasteiger partial charge in [0, 0.05) is 28.6 Å². The molecule has 0 saturated heterocycles. The first kappa shape index (κ1) is 41.6. The summed E-state index contributed by atoms with van der Waals surface area (Å²) in [7, 11) is 0. The zero-order chi connectivity index (χ0) is 28.7. The third-order valence-corrected chi connectivity index (χ3v) is 3.27. The molecule has 0 rings (SSSR count). The maximum absolute atomic E-state index is 9.87. The molecule has 0 amide bonds.